The molecule has 0 spiro atoms. The van der Waals surface area contributed by atoms with Gasteiger partial charge in [0.25, 0.3) is 0 Å². The highest BCUT2D eigenvalue weighted by Crippen LogP contribution is 2.15. The van der Waals surface area contributed by atoms with E-state index in [1.54, 1.807) is 18.4 Å². The number of rotatable bonds is 5. The fourth-order valence-electron chi connectivity index (χ4n) is 1.39. The zero-order chi connectivity index (χ0) is 10.6. The number of Topliss-reactive ketones (excluding diaryl/α,β-unsaturated/α-hetero) is 1. The second-order valence-electron chi connectivity index (χ2n) is 3.54. The lowest BCUT2D eigenvalue weighted by atomic mass is 9.87. The normalized spacial score (nSPS) is 11.6. The fraction of sp³-hybridized carbons (Fsp3) is 0.545. The summed E-state index contributed by atoms with van der Waals surface area (Å²) in [6.45, 7) is 3.87. The Morgan fingerprint density at radius 1 is 1.50 bits per heavy atom. The van der Waals surface area contributed by atoms with Gasteiger partial charge < -0.3 is 10.2 Å². The largest absolute Gasteiger partial charge is 0.469 e. The Hall–Kier alpha value is -1.09. The molecule has 3 nitrogen and oxygen atoms in total. The predicted octanol–water partition coefficient (Wildman–Crippen LogP) is 1.91. The third-order valence-corrected chi connectivity index (χ3v) is 2.73. The van der Waals surface area contributed by atoms with Gasteiger partial charge in [-0.25, -0.2) is 0 Å². The van der Waals surface area contributed by atoms with Crippen LogP contribution in [-0.2, 0) is 11.2 Å². The maximum absolute atomic E-state index is 11.8. The van der Waals surface area contributed by atoms with Crippen molar-refractivity contribution in [1.82, 2.24) is 0 Å². The van der Waals surface area contributed by atoms with Gasteiger partial charge in [0, 0.05) is 0 Å². The second kappa shape index (κ2) is 4.42. The summed E-state index contributed by atoms with van der Waals surface area (Å²) in [7, 11) is 0. The molecule has 0 bridgehead atoms. The number of carbonyl (C=O) groups is 1. The lowest BCUT2D eigenvalue weighted by Gasteiger charge is -2.24. The van der Waals surface area contributed by atoms with E-state index in [1.165, 1.54) is 0 Å². The Bertz CT molecular complexity index is 286. The maximum atomic E-state index is 11.8. The molecule has 0 radical (unpaired) electrons. The van der Waals surface area contributed by atoms with E-state index in [0.29, 0.717) is 25.0 Å². The van der Waals surface area contributed by atoms with Crippen LogP contribution in [0.2, 0.25) is 0 Å². The molecule has 14 heavy (non-hydrogen) atoms. The Kier molecular flexibility index (Phi) is 3.47. The first-order chi connectivity index (χ1) is 6.62. The van der Waals surface area contributed by atoms with Crippen LogP contribution in [0.3, 0.4) is 0 Å². The van der Waals surface area contributed by atoms with Crippen molar-refractivity contribution in [3.8, 4) is 0 Å². The van der Waals surface area contributed by atoms with Crippen LogP contribution < -0.4 is 5.73 Å². The highest BCUT2D eigenvalue weighted by Gasteiger charge is 2.29. The molecular formula is C11H17NO2. The average molecular weight is 195 g/mol. The molecule has 0 aliphatic heterocycles. The summed E-state index contributed by atoms with van der Waals surface area (Å²) in [6.07, 6.45) is 3.20. The van der Waals surface area contributed by atoms with Crippen LogP contribution in [0.5, 0.6) is 0 Å². The number of furan rings is 1. The number of hydrogen-bond acceptors (Lipinski definition) is 3. The van der Waals surface area contributed by atoms with E-state index in [0.717, 1.165) is 0 Å². The third kappa shape index (κ3) is 2.23. The maximum Gasteiger partial charge on any atom is 0.160 e. The molecule has 0 unspecified atom stereocenters. The van der Waals surface area contributed by atoms with Crippen molar-refractivity contribution in [2.45, 2.75) is 38.6 Å². The molecular weight excluding hydrogens is 178 g/mol. The van der Waals surface area contributed by atoms with Crippen LogP contribution >= 0.6 is 0 Å². The summed E-state index contributed by atoms with van der Waals surface area (Å²) in [5.41, 5.74) is 5.28. The van der Waals surface area contributed by atoms with Crippen molar-refractivity contribution < 1.29 is 9.21 Å². The molecule has 3 heteroatoms. The topological polar surface area (TPSA) is 56.2 Å². The van der Waals surface area contributed by atoms with Crippen molar-refractivity contribution >= 4 is 5.78 Å². The second-order valence-corrected chi connectivity index (χ2v) is 3.54. The molecule has 0 saturated heterocycles. The first-order valence-corrected chi connectivity index (χ1v) is 4.97. The monoisotopic (exact) mass is 195 g/mol. The minimum atomic E-state index is -0.688. The van der Waals surface area contributed by atoms with E-state index >= 15 is 0 Å². The van der Waals surface area contributed by atoms with E-state index in [-0.39, 0.29) is 5.78 Å². The van der Waals surface area contributed by atoms with Gasteiger partial charge in [0.15, 0.2) is 5.78 Å². The van der Waals surface area contributed by atoms with Crippen LogP contribution in [0.4, 0.5) is 0 Å². The highest BCUT2D eigenvalue weighted by molar-refractivity contribution is 5.89. The van der Waals surface area contributed by atoms with Crippen molar-refractivity contribution in [3.05, 3.63) is 24.2 Å². The van der Waals surface area contributed by atoms with Crippen molar-refractivity contribution in [3.63, 3.8) is 0 Å². The van der Waals surface area contributed by atoms with Crippen molar-refractivity contribution in [2.75, 3.05) is 0 Å². The third-order valence-electron chi connectivity index (χ3n) is 2.73. The van der Waals surface area contributed by atoms with Gasteiger partial charge in [-0.15, -0.1) is 0 Å². The Balaban J connectivity index is 2.66. The van der Waals surface area contributed by atoms with Crippen molar-refractivity contribution in [1.29, 1.82) is 0 Å². The van der Waals surface area contributed by atoms with Crippen molar-refractivity contribution in [2.24, 2.45) is 5.73 Å². The smallest absolute Gasteiger partial charge is 0.160 e. The van der Waals surface area contributed by atoms with Gasteiger partial charge in [0.2, 0.25) is 0 Å². The molecule has 78 valence electrons. The SMILES string of the molecule is CCC(N)(CC)C(=O)Cc1ccco1. The minimum Gasteiger partial charge on any atom is -0.469 e. The number of nitrogens with two attached hydrogens (primary N) is 1. The Morgan fingerprint density at radius 2 is 2.14 bits per heavy atom. The fourth-order valence-corrected chi connectivity index (χ4v) is 1.39. The minimum absolute atomic E-state index is 0.0532. The van der Waals surface area contributed by atoms with Crippen LogP contribution in [0.25, 0.3) is 0 Å². The Morgan fingerprint density at radius 3 is 2.57 bits per heavy atom. The molecule has 0 aromatic carbocycles. The van der Waals surface area contributed by atoms with E-state index < -0.39 is 5.54 Å². The molecule has 2 N–H and O–H groups in total. The van der Waals surface area contributed by atoms with E-state index in [2.05, 4.69) is 0 Å². The predicted molar refractivity (Wildman–Crippen MR) is 54.9 cm³/mol. The van der Waals surface area contributed by atoms with Gasteiger partial charge in [-0.2, -0.15) is 0 Å². The summed E-state index contributed by atoms with van der Waals surface area (Å²) in [5, 5.41) is 0. The first-order valence-electron chi connectivity index (χ1n) is 4.97. The summed E-state index contributed by atoms with van der Waals surface area (Å²) < 4.78 is 5.11. The molecule has 1 heterocycles. The number of ketones is 1. The molecule has 1 aromatic rings. The van der Waals surface area contributed by atoms with Gasteiger partial charge >= 0.3 is 0 Å². The summed E-state index contributed by atoms with van der Waals surface area (Å²) in [4.78, 5) is 11.8. The lowest BCUT2D eigenvalue weighted by Crippen LogP contribution is -2.47. The summed E-state index contributed by atoms with van der Waals surface area (Å²) in [6, 6.07) is 3.57. The van der Waals surface area contributed by atoms with Gasteiger partial charge in [0.05, 0.1) is 18.2 Å². The molecule has 0 amide bonds. The molecule has 0 saturated carbocycles. The quantitative estimate of drug-likeness (QED) is 0.780. The summed E-state index contributed by atoms with van der Waals surface area (Å²) in [5.74, 6) is 0.740. The van der Waals surface area contributed by atoms with Gasteiger partial charge in [-0.05, 0) is 25.0 Å². The molecule has 0 atom stereocenters. The van der Waals surface area contributed by atoms with Gasteiger partial charge in [-0.3, -0.25) is 4.79 Å². The molecule has 1 aromatic heterocycles. The zero-order valence-electron chi connectivity index (χ0n) is 8.75. The average Bonchev–Trinajstić information content (AvgIpc) is 2.69. The molecule has 1 rings (SSSR count). The molecule has 0 fully saturated rings. The van der Waals surface area contributed by atoms with Crippen LogP contribution in [0, 0.1) is 0 Å². The van der Waals surface area contributed by atoms with Gasteiger partial charge in [0.1, 0.15) is 5.76 Å². The van der Waals surface area contributed by atoms with E-state index in [4.69, 9.17) is 10.2 Å². The first kappa shape index (κ1) is 11.0. The summed E-state index contributed by atoms with van der Waals surface area (Å²) >= 11 is 0. The van der Waals surface area contributed by atoms with Crippen LogP contribution in [0.1, 0.15) is 32.4 Å². The van der Waals surface area contributed by atoms with Crippen LogP contribution in [0.15, 0.2) is 22.8 Å². The highest BCUT2D eigenvalue weighted by atomic mass is 16.3. The number of hydrogen-bond donors (Lipinski definition) is 1. The number of carbonyl (C=O) groups excluding carboxylic acids is 1. The molecule has 0 aliphatic rings. The Labute approximate surface area is 84.3 Å². The lowest BCUT2D eigenvalue weighted by molar-refractivity contribution is -0.124. The van der Waals surface area contributed by atoms with E-state index in [1.807, 2.05) is 13.8 Å². The molecule has 0 aliphatic carbocycles. The standard InChI is InChI=1S/C11H17NO2/c1-3-11(12,4-2)10(13)8-9-6-5-7-14-9/h5-7H,3-4,8,12H2,1-2H3. The van der Waals surface area contributed by atoms with Crippen LogP contribution in [-0.4, -0.2) is 11.3 Å². The van der Waals surface area contributed by atoms with E-state index in [9.17, 15) is 4.79 Å². The zero-order valence-corrected chi connectivity index (χ0v) is 8.75. The van der Waals surface area contributed by atoms with Gasteiger partial charge in [-0.1, -0.05) is 13.8 Å².